The summed E-state index contributed by atoms with van der Waals surface area (Å²) in [4.78, 5) is 39.8. The van der Waals surface area contributed by atoms with Crippen molar-refractivity contribution >= 4 is 46.8 Å². The molecule has 0 aliphatic carbocycles. The molecule has 172 valence electrons. The predicted molar refractivity (Wildman–Crippen MR) is 133 cm³/mol. The van der Waals surface area contributed by atoms with Crippen LogP contribution < -0.4 is 20.4 Å². The van der Waals surface area contributed by atoms with E-state index in [0.29, 0.717) is 28.3 Å². The molecule has 9 heteroatoms. The van der Waals surface area contributed by atoms with Crippen molar-refractivity contribution < 1.29 is 19.1 Å². The molecule has 0 radical (unpaired) electrons. The number of nitrogens with one attached hydrogen (secondary N) is 2. The molecule has 8 nitrogen and oxygen atoms in total. The van der Waals surface area contributed by atoms with Crippen LogP contribution in [0.15, 0.2) is 66.2 Å². The molecule has 0 atom stereocenters. The van der Waals surface area contributed by atoms with Gasteiger partial charge in [-0.1, -0.05) is 18.2 Å². The second kappa shape index (κ2) is 9.32. The second-order valence-corrected chi connectivity index (χ2v) is 8.01. The van der Waals surface area contributed by atoms with Crippen LogP contribution in [-0.2, 0) is 9.59 Å². The monoisotopic (exact) mass is 474 g/mol. The van der Waals surface area contributed by atoms with Gasteiger partial charge in [-0.2, -0.15) is 0 Å². The number of carbonyl (C=O) groups is 3. The molecule has 0 unspecified atom stereocenters. The van der Waals surface area contributed by atoms with Gasteiger partial charge in [0.2, 0.25) is 0 Å². The number of nitrogens with zero attached hydrogens (tertiary/aromatic N) is 2. The average molecular weight is 475 g/mol. The standard InChI is InChI=1S/C25H22N4O4S/c1-15-13-18(16(2)29(15)27-22(30)17-7-5-4-6-8-17)14-21-23(31)26-25(34)28(24(21)32)19-9-11-20(33-3)12-10-19/h4-14H,1-3H3,(H,27,30)(H,26,31,34)/b21-14+. The molecule has 2 N–H and O–H groups in total. The van der Waals surface area contributed by atoms with E-state index in [1.807, 2.05) is 13.0 Å². The molecule has 1 aromatic heterocycles. The first kappa shape index (κ1) is 22.9. The normalized spacial score (nSPS) is 14.9. The van der Waals surface area contributed by atoms with Crippen LogP contribution in [0.25, 0.3) is 6.08 Å². The van der Waals surface area contributed by atoms with E-state index in [1.165, 1.54) is 11.0 Å². The molecule has 1 aliphatic rings. The lowest BCUT2D eigenvalue weighted by atomic mass is 10.1. The number of methoxy groups -OCH3 is 1. The maximum atomic E-state index is 13.3. The fourth-order valence-corrected chi connectivity index (χ4v) is 3.92. The molecule has 2 aromatic carbocycles. The van der Waals surface area contributed by atoms with Crippen LogP contribution in [0.2, 0.25) is 0 Å². The fourth-order valence-electron chi connectivity index (χ4n) is 3.64. The van der Waals surface area contributed by atoms with Gasteiger partial charge in [-0.15, -0.1) is 0 Å². The molecule has 3 aromatic rings. The molecule has 2 heterocycles. The minimum atomic E-state index is -0.585. The van der Waals surface area contributed by atoms with Gasteiger partial charge in [-0.25, -0.2) is 0 Å². The third kappa shape index (κ3) is 4.33. The molecule has 0 bridgehead atoms. The summed E-state index contributed by atoms with van der Waals surface area (Å²) in [6, 6.07) is 17.4. The Kier molecular flexibility index (Phi) is 6.29. The second-order valence-electron chi connectivity index (χ2n) is 7.62. The van der Waals surface area contributed by atoms with Crippen molar-refractivity contribution in [1.82, 2.24) is 9.99 Å². The zero-order valence-electron chi connectivity index (χ0n) is 18.8. The van der Waals surface area contributed by atoms with Gasteiger partial charge < -0.3 is 4.74 Å². The highest BCUT2D eigenvalue weighted by atomic mass is 32.1. The molecule has 34 heavy (non-hydrogen) atoms. The number of ether oxygens (including phenoxy) is 1. The molecular weight excluding hydrogens is 452 g/mol. The van der Waals surface area contributed by atoms with Gasteiger partial charge in [-0.05, 0) is 80.2 Å². The quantitative estimate of drug-likeness (QED) is 0.336. The van der Waals surface area contributed by atoms with Crippen LogP contribution in [0.5, 0.6) is 5.75 Å². The molecule has 1 saturated heterocycles. The molecule has 1 aliphatic heterocycles. The van der Waals surface area contributed by atoms with E-state index in [1.54, 1.807) is 73.3 Å². The van der Waals surface area contributed by atoms with Gasteiger partial charge in [0.05, 0.1) is 12.8 Å². The summed E-state index contributed by atoms with van der Waals surface area (Å²) in [5.74, 6) is -0.775. The predicted octanol–water partition coefficient (Wildman–Crippen LogP) is 3.33. The Bertz CT molecular complexity index is 1330. The zero-order chi connectivity index (χ0) is 24.4. The van der Waals surface area contributed by atoms with Gasteiger partial charge >= 0.3 is 0 Å². The summed E-state index contributed by atoms with van der Waals surface area (Å²) in [7, 11) is 1.55. The van der Waals surface area contributed by atoms with E-state index in [-0.39, 0.29) is 16.6 Å². The first-order valence-electron chi connectivity index (χ1n) is 10.4. The van der Waals surface area contributed by atoms with Crippen LogP contribution >= 0.6 is 12.2 Å². The number of benzene rings is 2. The highest BCUT2D eigenvalue weighted by Crippen LogP contribution is 2.25. The van der Waals surface area contributed by atoms with Gasteiger partial charge in [0, 0.05) is 17.0 Å². The lowest BCUT2D eigenvalue weighted by Crippen LogP contribution is -2.54. The summed E-state index contributed by atoms with van der Waals surface area (Å²) in [5.41, 5.74) is 5.81. The van der Waals surface area contributed by atoms with Crippen molar-refractivity contribution in [2.24, 2.45) is 0 Å². The summed E-state index contributed by atoms with van der Waals surface area (Å²) in [6.07, 6.45) is 1.50. The Labute approximate surface area is 201 Å². The Hall–Kier alpha value is -4.24. The number of hydrogen-bond donors (Lipinski definition) is 2. The maximum Gasteiger partial charge on any atom is 0.270 e. The van der Waals surface area contributed by atoms with Crippen molar-refractivity contribution in [3.05, 3.63) is 88.8 Å². The van der Waals surface area contributed by atoms with Crippen LogP contribution in [0.4, 0.5) is 5.69 Å². The topological polar surface area (TPSA) is 92.7 Å². The zero-order valence-corrected chi connectivity index (χ0v) is 19.6. The summed E-state index contributed by atoms with van der Waals surface area (Å²) in [6.45, 7) is 3.61. The van der Waals surface area contributed by atoms with E-state index in [4.69, 9.17) is 17.0 Å². The van der Waals surface area contributed by atoms with Gasteiger partial charge in [0.25, 0.3) is 17.7 Å². The number of anilines is 1. The van der Waals surface area contributed by atoms with Gasteiger partial charge in [-0.3, -0.25) is 34.7 Å². The minimum absolute atomic E-state index is 0.00193. The van der Waals surface area contributed by atoms with Crippen molar-refractivity contribution in [3.63, 3.8) is 0 Å². The number of hydrogen-bond acceptors (Lipinski definition) is 5. The Morgan fingerprint density at radius 2 is 1.74 bits per heavy atom. The van der Waals surface area contributed by atoms with E-state index in [9.17, 15) is 14.4 Å². The lowest BCUT2D eigenvalue weighted by molar-refractivity contribution is -0.122. The summed E-state index contributed by atoms with van der Waals surface area (Å²) >= 11 is 5.25. The summed E-state index contributed by atoms with van der Waals surface area (Å²) < 4.78 is 6.78. The Morgan fingerprint density at radius 3 is 2.38 bits per heavy atom. The molecular formula is C25H22N4O4S. The highest BCUT2D eigenvalue weighted by Gasteiger charge is 2.34. The van der Waals surface area contributed by atoms with Crippen molar-refractivity contribution in [2.75, 3.05) is 17.4 Å². The number of thiocarbonyl (C=S) groups is 1. The van der Waals surface area contributed by atoms with Gasteiger partial charge in [0.15, 0.2) is 5.11 Å². The van der Waals surface area contributed by atoms with Crippen molar-refractivity contribution in [1.29, 1.82) is 0 Å². The van der Waals surface area contributed by atoms with Crippen molar-refractivity contribution in [3.8, 4) is 5.75 Å². The number of rotatable bonds is 5. The third-order valence-electron chi connectivity index (χ3n) is 5.45. The summed E-state index contributed by atoms with van der Waals surface area (Å²) in [5, 5.41) is 2.57. The molecule has 1 fully saturated rings. The van der Waals surface area contributed by atoms with E-state index >= 15 is 0 Å². The first-order valence-corrected chi connectivity index (χ1v) is 10.8. The maximum absolute atomic E-state index is 13.3. The SMILES string of the molecule is COc1ccc(N2C(=O)/C(=C/c3cc(C)n(NC(=O)c4ccccc4)c3C)C(=O)NC2=S)cc1. The Morgan fingerprint density at radius 1 is 1.06 bits per heavy atom. The van der Waals surface area contributed by atoms with Crippen molar-refractivity contribution in [2.45, 2.75) is 13.8 Å². The smallest absolute Gasteiger partial charge is 0.270 e. The number of aromatic nitrogens is 1. The Balaban J connectivity index is 1.65. The molecule has 4 rings (SSSR count). The third-order valence-corrected chi connectivity index (χ3v) is 5.74. The lowest BCUT2D eigenvalue weighted by Gasteiger charge is -2.29. The van der Waals surface area contributed by atoms with E-state index in [0.717, 1.165) is 5.69 Å². The van der Waals surface area contributed by atoms with Crippen LogP contribution in [0, 0.1) is 13.8 Å². The first-order chi connectivity index (χ1) is 16.3. The van der Waals surface area contributed by atoms with E-state index < -0.39 is 11.8 Å². The number of carbonyl (C=O) groups excluding carboxylic acids is 3. The van der Waals surface area contributed by atoms with Crippen LogP contribution in [0.1, 0.15) is 27.3 Å². The molecule has 0 saturated carbocycles. The minimum Gasteiger partial charge on any atom is -0.497 e. The van der Waals surface area contributed by atoms with E-state index in [2.05, 4.69) is 10.7 Å². The number of amides is 3. The average Bonchev–Trinajstić information content (AvgIpc) is 3.10. The fraction of sp³-hybridized carbons (Fsp3) is 0.120. The highest BCUT2D eigenvalue weighted by molar-refractivity contribution is 7.80. The number of aryl methyl sites for hydroxylation is 1. The molecule has 0 spiro atoms. The van der Waals surface area contributed by atoms with Gasteiger partial charge in [0.1, 0.15) is 11.3 Å². The van der Waals surface area contributed by atoms with Crippen LogP contribution in [-0.4, -0.2) is 34.6 Å². The largest absolute Gasteiger partial charge is 0.497 e. The molecule has 3 amide bonds. The van der Waals surface area contributed by atoms with Crippen LogP contribution in [0.3, 0.4) is 0 Å².